The molecule has 3 heterocycles. The van der Waals surface area contributed by atoms with Gasteiger partial charge in [0.1, 0.15) is 0 Å². The first-order chi connectivity index (χ1) is 14.9. The fourth-order valence-electron chi connectivity index (χ4n) is 4.26. The van der Waals surface area contributed by atoms with Crippen LogP contribution >= 0.6 is 0 Å². The van der Waals surface area contributed by atoms with E-state index >= 15 is 0 Å². The summed E-state index contributed by atoms with van der Waals surface area (Å²) in [5.74, 6) is -0.0623. The number of aromatic nitrogens is 3. The van der Waals surface area contributed by atoms with Crippen LogP contribution in [0.2, 0.25) is 0 Å². The number of nitrogens with two attached hydrogens (primary N) is 1. The highest BCUT2D eigenvalue weighted by atomic mass is 16.5. The fourth-order valence-corrected chi connectivity index (χ4v) is 4.26. The topological polar surface area (TPSA) is 117 Å². The van der Waals surface area contributed by atoms with Crippen molar-refractivity contribution >= 4 is 33.5 Å². The Morgan fingerprint density at radius 2 is 1.84 bits per heavy atom. The van der Waals surface area contributed by atoms with E-state index in [0.29, 0.717) is 46.5 Å². The second-order valence-electron chi connectivity index (χ2n) is 8.07. The third-order valence-electron chi connectivity index (χ3n) is 5.63. The second kappa shape index (κ2) is 7.24. The van der Waals surface area contributed by atoms with Crippen molar-refractivity contribution in [3.63, 3.8) is 0 Å². The Kier molecular flexibility index (Phi) is 4.51. The first kappa shape index (κ1) is 19.3. The minimum atomic E-state index is -0.329. The highest BCUT2D eigenvalue weighted by molar-refractivity contribution is 6.04. The number of anilines is 1. The SMILES string of the molecule is CC1CN(C(=O)c2ccc3[nH]c(-c4nc5ccccc5[nH]c4=O)c(N)c3c2)CC(C)O1. The summed E-state index contributed by atoms with van der Waals surface area (Å²) in [6.45, 7) is 5.02. The predicted molar refractivity (Wildman–Crippen MR) is 120 cm³/mol. The highest BCUT2D eigenvalue weighted by Crippen LogP contribution is 2.32. The second-order valence-corrected chi connectivity index (χ2v) is 8.07. The molecule has 4 N–H and O–H groups in total. The molecular weight excluding hydrogens is 394 g/mol. The van der Waals surface area contributed by atoms with Crippen molar-refractivity contribution in [1.29, 1.82) is 0 Å². The van der Waals surface area contributed by atoms with E-state index in [1.54, 1.807) is 23.1 Å². The Morgan fingerprint density at radius 1 is 1.10 bits per heavy atom. The van der Waals surface area contributed by atoms with Crippen molar-refractivity contribution in [3.05, 3.63) is 58.4 Å². The number of ether oxygens (including phenoxy) is 1. The minimum absolute atomic E-state index is 0.00827. The van der Waals surface area contributed by atoms with Crippen LogP contribution < -0.4 is 11.3 Å². The van der Waals surface area contributed by atoms with E-state index in [1.807, 2.05) is 38.1 Å². The molecule has 4 aromatic rings. The Bertz CT molecular complexity index is 1360. The van der Waals surface area contributed by atoms with E-state index in [9.17, 15) is 9.59 Å². The van der Waals surface area contributed by atoms with Crippen molar-refractivity contribution in [2.75, 3.05) is 18.8 Å². The zero-order chi connectivity index (χ0) is 21.7. The molecule has 0 aliphatic carbocycles. The van der Waals surface area contributed by atoms with E-state index < -0.39 is 0 Å². The number of nitrogens with zero attached hydrogens (tertiary/aromatic N) is 2. The molecule has 31 heavy (non-hydrogen) atoms. The van der Waals surface area contributed by atoms with Crippen LogP contribution in [0.5, 0.6) is 0 Å². The maximum absolute atomic E-state index is 13.1. The van der Waals surface area contributed by atoms with E-state index in [0.717, 1.165) is 5.52 Å². The first-order valence-corrected chi connectivity index (χ1v) is 10.3. The Balaban J connectivity index is 1.56. The lowest BCUT2D eigenvalue weighted by Gasteiger charge is -2.35. The number of fused-ring (bicyclic) bond motifs is 2. The lowest BCUT2D eigenvalue weighted by molar-refractivity contribution is -0.0586. The lowest BCUT2D eigenvalue weighted by atomic mass is 10.1. The molecule has 2 atom stereocenters. The van der Waals surface area contributed by atoms with E-state index in [4.69, 9.17) is 10.5 Å². The molecule has 0 radical (unpaired) electrons. The summed E-state index contributed by atoms with van der Waals surface area (Å²) in [5, 5.41) is 0.685. The Morgan fingerprint density at radius 3 is 2.61 bits per heavy atom. The van der Waals surface area contributed by atoms with Crippen LogP contribution in [0.4, 0.5) is 5.69 Å². The average Bonchev–Trinajstić information content (AvgIpc) is 3.07. The fraction of sp³-hybridized carbons (Fsp3) is 0.261. The number of aromatic amines is 2. The van der Waals surface area contributed by atoms with E-state index in [-0.39, 0.29) is 29.4 Å². The smallest absolute Gasteiger partial charge is 0.276 e. The van der Waals surface area contributed by atoms with Gasteiger partial charge in [-0.1, -0.05) is 12.1 Å². The van der Waals surface area contributed by atoms with Gasteiger partial charge in [0.05, 0.1) is 34.6 Å². The summed E-state index contributed by atoms with van der Waals surface area (Å²) in [7, 11) is 0. The number of benzene rings is 2. The molecule has 158 valence electrons. The molecule has 1 fully saturated rings. The molecule has 5 rings (SSSR count). The Hall–Kier alpha value is -3.65. The molecule has 8 nitrogen and oxygen atoms in total. The van der Waals surface area contributed by atoms with Crippen molar-refractivity contribution in [3.8, 4) is 11.4 Å². The van der Waals surface area contributed by atoms with Crippen LogP contribution in [0.1, 0.15) is 24.2 Å². The van der Waals surface area contributed by atoms with Crippen molar-refractivity contribution in [2.24, 2.45) is 0 Å². The van der Waals surface area contributed by atoms with Gasteiger partial charge in [-0.05, 0) is 44.2 Å². The number of carbonyl (C=O) groups is 1. The van der Waals surface area contributed by atoms with Gasteiger partial charge >= 0.3 is 0 Å². The molecule has 2 unspecified atom stereocenters. The number of para-hydroxylation sites is 2. The molecule has 1 aliphatic rings. The molecule has 8 heteroatoms. The van der Waals surface area contributed by atoms with Gasteiger partial charge in [-0.15, -0.1) is 0 Å². The predicted octanol–water partition coefficient (Wildman–Crippen LogP) is 2.90. The number of morpholine rings is 1. The van der Waals surface area contributed by atoms with Crippen LogP contribution in [-0.2, 0) is 4.74 Å². The summed E-state index contributed by atoms with van der Waals surface area (Å²) >= 11 is 0. The molecule has 0 spiro atoms. The van der Waals surface area contributed by atoms with Gasteiger partial charge in [-0.2, -0.15) is 0 Å². The number of carbonyl (C=O) groups excluding carboxylic acids is 1. The number of H-pyrrole nitrogens is 2. The molecule has 0 bridgehead atoms. The number of hydrogen-bond donors (Lipinski definition) is 3. The number of rotatable bonds is 2. The van der Waals surface area contributed by atoms with E-state index in [1.165, 1.54) is 0 Å². The van der Waals surface area contributed by atoms with Gasteiger partial charge in [-0.25, -0.2) is 4.98 Å². The summed E-state index contributed by atoms with van der Waals surface area (Å²) in [4.78, 5) is 38.1. The number of nitrogen functional groups attached to an aromatic ring is 1. The van der Waals surface area contributed by atoms with Gasteiger partial charge in [0.2, 0.25) is 0 Å². The summed E-state index contributed by atoms with van der Waals surface area (Å²) in [6.07, 6.45) is -0.0165. The van der Waals surface area contributed by atoms with Gasteiger partial charge in [0.25, 0.3) is 11.5 Å². The minimum Gasteiger partial charge on any atom is -0.396 e. The van der Waals surface area contributed by atoms with Crippen molar-refractivity contribution in [1.82, 2.24) is 19.9 Å². The number of hydrogen-bond acceptors (Lipinski definition) is 5. The zero-order valence-electron chi connectivity index (χ0n) is 17.3. The molecule has 1 aliphatic heterocycles. The van der Waals surface area contributed by atoms with E-state index in [2.05, 4.69) is 15.0 Å². The standard InChI is InChI=1S/C23H23N5O3/c1-12-10-28(11-13(2)31-12)23(30)14-7-8-16-15(9-14)19(24)20(25-16)21-22(29)27-18-6-4-3-5-17(18)26-21/h3-9,12-13,25H,10-11,24H2,1-2H3,(H,27,29). The summed E-state index contributed by atoms with van der Waals surface area (Å²) in [5.41, 5.74) is 9.75. The summed E-state index contributed by atoms with van der Waals surface area (Å²) < 4.78 is 5.73. The summed E-state index contributed by atoms with van der Waals surface area (Å²) in [6, 6.07) is 12.7. The Labute approximate surface area is 178 Å². The van der Waals surface area contributed by atoms with Crippen LogP contribution in [0.25, 0.3) is 33.3 Å². The molecule has 2 aromatic heterocycles. The van der Waals surface area contributed by atoms with Gasteiger partial charge in [0.15, 0.2) is 5.69 Å². The lowest BCUT2D eigenvalue weighted by Crippen LogP contribution is -2.48. The van der Waals surface area contributed by atoms with Gasteiger partial charge < -0.3 is 25.3 Å². The third-order valence-corrected chi connectivity index (χ3v) is 5.63. The van der Waals surface area contributed by atoms with Crippen LogP contribution in [0.3, 0.4) is 0 Å². The van der Waals surface area contributed by atoms with Crippen LogP contribution in [0, 0.1) is 0 Å². The normalized spacial score (nSPS) is 19.2. The quantitative estimate of drug-likeness (QED) is 0.464. The maximum Gasteiger partial charge on any atom is 0.276 e. The third kappa shape index (κ3) is 3.34. The monoisotopic (exact) mass is 417 g/mol. The molecule has 0 saturated carbocycles. The molecule has 2 aromatic carbocycles. The van der Waals surface area contributed by atoms with Crippen molar-refractivity contribution in [2.45, 2.75) is 26.1 Å². The van der Waals surface area contributed by atoms with Gasteiger partial charge in [-0.3, -0.25) is 9.59 Å². The highest BCUT2D eigenvalue weighted by Gasteiger charge is 2.27. The molecular formula is C23H23N5O3. The largest absolute Gasteiger partial charge is 0.396 e. The average molecular weight is 417 g/mol. The zero-order valence-corrected chi connectivity index (χ0v) is 17.3. The van der Waals surface area contributed by atoms with Crippen LogP contribution in [-0.4, -0.2) is 51.1 Å². The van der Waals surface area contributed by atoms with Crippen LogP contribution in [0.15, 0.2) is 47.3 Å². The number of nitrogens with one attached hydrogen (secondary N) is 2. The molecule has 1 amide bonds. The maximum atomic E-state index is 13.1. The molecule has 1 saturated heterocycles. The van der Waals surface area contributed by atoms with Gasteiger partial charge in [0, 0.05) is 29.6 Å². The van der Waals surface area contributed by atoms with Crippen molar-refractivity contribution < 1.29 is 9.53 Å². The number of amides is 1. The first-order valence-electron chi connectivity index (χ1n) is 10.3.